The lowest BCUT2D eigenvalue weighted by molar-refractivity contribution is 0.392. The number of furan rings is 1. The van der Waals surface area contributed by atoms with Gasteiger partial charge in [0.05, 0.1) is 6.54 Å². The van der Waals surface area contributed by atoms with E-state index < -0.39 is 10.0 Å². The fourth-order valence-electron chi connectivity index (χ4n) is 1.70. The molecule has 0 fully saturated rings. The second-order valence-corrected chi connectivity index (χ2v) is 6.13. The Balaban J connectivity index is 1.99. The Morgan fingerprint density at radius 1 is 1.35 bits per heavy atom. The van der Waals surface area contributed by atoms with Crippen molar-refractivity contribution in [1.82, 2.24) is 15.0 Å². The van der Waals surface area contributed by atoms with Crippen LogP contribution >= 0.6 is 0 Å². The highest BCUT2D eigenvalue weighted by molar-refractivity contribution is 7.89. The molecule has 2 heterocycles. The van der Waals surface area contributed by atoms with Gasteiger partial charge in [-0.1, -0.05) is 6.07 Å². The van der Waals surface area contributed by atoms with Crippen LogP contribution in [-0.4, -0.2) is 20.4 Å². The minimum atomic E-state index is -3.52. The maximum atomic E-state index is 11.5. The lowest BCUT2D eigenvalue weighted by Crippen LogP contribution is -2.18. The van der Waals surface area contributed by atoms with E-state index in [1.54, 1.807) is 18.5 Å². The van der Waals surface area contributed by atoms with Gasteiger partial charge in [0.15, 0.2) is 0 Å². The first-order chi connectivity index (χ1) is 9.53. The maximum absolute atomic E-state index is 11.5. The number of hydrogen-bond donors (Lipinski definition) is 2. The molecule has 0 saturated carbocycles. The summed E-state index contributed by atoms with van der Waals surface area (Å²) >= 11 is 0. The summed E-state index contributed by atoms with van der Waals surface area (Å²) in [5, 5.41) is 3.17. The smallest absolute Gasteiger partial charge is 0.273 e. The van der Waals surface area contributed by atoms with Gasteiger partial charge in [-0.05, 0) is 37.7 Å². The van der Waals surface area contributed by atoms with E-state index in [1.165, 1.54) is 13.1 Å². The van der Waals surface area contributed by atoms with Crippen molar-refractivity contribution in [1.29, 1.82) is 0 Å². The molecule has 1 unspecified atom stereocenters. The summed E-state index contributed by atoms with van der Waals surface area (Å²) in [6.07, 6.45) is 3.51. The van der Waals surface area contributed by atoms with Crippen molar-refractivity contribution < 1.29 is 12.8 Å². The average molecular weight is 295 g/mol. The van der Waals surface area contributed by atoms with Crippen molar-refractivity contribution in [2.45, 2.75) is 24.6 Å². The minimum absolute atomic E-state index is 0.0779. The van der Waals surface area contributed by atoms with E-state index in [4.69, 9.17) is 4.42 Å². The lowest BCUT2D eigenvalue weighted by Gasteiger charge is -2.12. The molecule has 6 nitrogen and oxygen atoms in total. The molecular formula is C13H17N3O3S. The third-order valence-electron chi connectivity index (χ3n) is 2.94. The largest absolute Gasteiger partial charge is 0.447 e. The normalized spacial score (nSPS) is 13.3. The molecule has 20 heavy (non-hydrogen) atoms. The zero-order chi connectivity index (χ0) is 14.6. The van der Waals surface area contributed by atoms with E-state index in [1.807, 2.05) is 19.1 Å². The monoisotopic (exact) mass is 295 g/mol. The van der Waals surface area contributed by atoms with Crippen LogP contribution in [0.4, 0.5) is 0 Å². The summed E-state index contributed by atoms with van der Waals surface area (Å²) in [4.78, 5) is 4.06. The number of hydrogen-bond acceptors (Lipinski definition) is 5. The first kappa shape index (κ1) is 14.7. The quantitative estimate of drug-likeness (QED) is 0.842. The van der Waals surface area contributed by atoms with Crippen LogP contribution in [0.15, 0.2) is 46.2 Å². The summed E-state index contributed by atoms with van der Waals surface area (Å²) < 4.78 is 30.6. The number of nitrogens with one attached hydrogen (secondary N) is 2. The van der Waals surface area contributed by atoms with Crippen LogP contribution < -0.4 is 10.0 Å². The second kappa shape index (κ2) is 6.17. The van der Waals surface area contributed by atoms with Crippen LogP contribution in [0.25, 0.3) is 0 Å². The van der Waals surface area contributed by atoms with Crippen LogP contribution in [0, 0.1) is 0 Å². The van der Waals surface area contributed by atoms with E-state index in [0.717, 1.165) is 5.56 Å². The van der Waals surface area contributed by atoms with Crippen molar-refractivity contribution in [3.05, 3.63) is 48.0 Å². The molecule has 0 bridgehead atoms. The standard InChI is InChI=1S/C13H17N3O3S/c1-10(11-4-3-7-15-8-11)16-9-12-5-6-13(19-12)20(17,18)14-2/h3-8,10,14,16H,9H2,1-2H3. The van der Waals surface area contributed by atoms with Crippen LogP contribution in [-0.2, 0) is 16.6 Å². The van der Waals surface area contributed by atoms with E-state index >= 15 is 0 Å². The van der Waals surface area contributed by atoms with Crippen molar-refractivity contribution in [2.24, 2.45) is 0 Å². The molecule has 2 N–H and O–H groups in total. The molecule has 1 atom stereocenters. The molecule has 2 aromatic heterocycles. The molecule has 108 valence electrons. The lowest BCUT2D eigenvalue weighted by atomic mass is 10.1. The van der Waals surface area contributed by atoms with Gasteiger partial charge in [-0.3, -0.25) is 4.98 Å². The molecule has 0 radical (unpaired) electrons. The highest BCUT2D eigenvalue weighted by Gasteiger charge is 2.16. The molecule has 0 aromatic carbocycles. The molecule has 0 spiro atoms. The molecule has 0 amide bonds. The summed E-state index contributed by atoms with van der Waals surface area (Å²) in [5.41, 5.74) is 1.06. The third kappa shape index (κ3) is 3.44. The number of pyridine rings is 1. The Labute approximate surface area is 118 Å². The van der Waals surface area contributed by atoms with Gasteiger partial charge in [-0.15, -0.1) is 0 Å². The van der Waals surface area contributed by atoms with Gasteiger partial charge in [0.1, 0.15) is 5.76 Å². The minimum Gasteiger partial charge on any atom is -0.447 e. The fourth-order valence-corrected chi connectivity index (χ4v) is 2.37. The van der Waals surface area contributed by atoms with E-state index in [0.29, 0.717) is 12.3 Å². The first-order valence-corrected chi connectivity index (χ1v) is 7.67. The van der Waals surface area contributed by atoms with Gasteiger partial charge in [0, 0.05) is 18.4 Å². The van der Waals surface area contributed by atoms with Crippen molar-refractivity contribution in [3.8, 4) is 0 Å². The Bertz CT molecular complexity index is 653. The molecule has 0 aliphatic carbocycles. The first-order valence-electron chi connectivity index (χ1n) is 6.18. The van der Waals surface area contributed by atoms with Gasteiger partial charge < -0.3 is 9.73 Å². The second-order valence-electron chi connectivity index (χ2n) is 4.32. The van der Waals surface area contributed by atoms with Crippen molar-refractivity contribution >= 4 is 10.0 Å². The average Bonchev–Trinajstić information content (AvgIpc) is 2.95. The van der Waals surface area contributed by atoms with Crippen molar-refractivity contribution in [3.63, 3.8) is 0 Å². The molecule has 2 aromatic rings. The van der Waals surface area contributed by atoms with Gasteiger partial charge in [0.2, 0.25) is 5.09 Å². The molecule has 0 saturated heterocycles. The topological polar surface area (TPSA) is 84.2 Å². The Morgan fingerprint density at radius 2 is 2.15 bits per heavy atom. The van der Waals surface area contributed by atoms with E-state index in [-0.39, 0.29) is 11.1 Å². The molecule has 7 heteroatoms. The summed E-state index contributed by atoms with van der Waals surface area (Å²) in [6.45, 7) is 2.44. The summed E-state index contributed by atoms with van der Waals surface area (Å²) in [6, 6.07) is 7.03. The summed E-state index contributed by atoms with van der Waals surface area (Å²) in [5.74, 6) is 0.564. The molecular weight excluding hydrogens is 278 g/mol. The molecule has 2 rings (SSSR count). The SMILES string of the molecule is CNS(=O)(=O)c1ccc(CNC(C)c2cccnc2)o1. The van der Waals surface area contributed by atoms with Crippen LogP contribution in [0.1, 0.15) is 24.3 Å². The number of aromatic nitrogens is 1. The highest BCUT2D eigenvalue weighted by atomic mass is 32.2. The van der Waals surface area contributed by atoms with Gasteiger partial charge in [-0.25, -0.2) is 13.1 Å². The maximum Gasteiger partial charge on any atom is 0.273 e. The predicted molar refractivity (Wildman–Crippen MR) is 74.4 cm³/mol. The zero-order valence-electron chi connectivity index (χ0n) is 11.3. The van der Waals surface area contributed by atoms with Crippen LogP contribution in [0.3, 0.4) is 0 Å². The Kier molecular flexibility index (Phi) is 4.53. The van der Waals surface area contributed by atoms with Crippen LogP contribution in [0.2, 0.25) is 0 Å². The van der Waals surface area contributed by atoms with Gasteiger partial charge in [0.25, 0.3) is 10.0 Å². The van der Waals surface area contributed by atoms with Gasteiger partial charge >= 0.3 is 0 Å². The fraction of sp³-hybridized carbons (Fsp3) is 0.308. The number of nitrogens with zero attached hydrogens (tertiary/aromatic N) is 1. The van der Waals surface area contributed by atoms with E-state index in [9.17, 15) is 8.42 Å². The van der Waals surface area contributed by atoms with Gasteiger partial charge in [-0.2, -0.15) is 0 Å². The number of sulfonamides is 1. The molecule has 0 aliphatic rings. The summed E-state index contributed by atoms with van der Waals surface area (Å²) in [7, 11) is -2.18. The Morgan fingerprint density at radius 3 is 2.80 bits per heavy atom. The third-order valence-corrected chi connectivity index (χ3v) is 4.22. The van der Waals surface area contributed by atoms with E-state index in [2.05, 4.69) is 15.0 Å². The zero-order valence-corrected chi connectivity index (χ0v) is 12.1. The van der Waals surface area contributed by atoms with Crippen molar-refractivity contribution in [2.75, 3.05) is 7.05 Å². The molecule has 0 aliphatic heterocycles. The number of rotatable bonds is 6. The predicted octanol–water partition coefficient (Wildman–Crippen LogP) is 1.43. The Hall–Kier alpha value is -1.70. The highest BCUT2D eigenvalue weighted by Crippen LogP contribution is 2.15. The van der Waals surface area contributed by atoms with Crippen LogP contribution in [0.5, 0.6) is 0 Å².